The van der Waals surface area contributed by atoms with Gasteiger partial charge in [-0.15, -0.1) is 0 Å². The van der Waals surface area contributed by atoms with Gasteiger partial charge in [-0.2, -0.15) is 5.10 Å². The van der Waals surface area contributed by atoms with Gasteiger partial charge < -0.3 is 50.6 Å². The maximum absolute atomic E-state index is 13.8. The summed E-state index contributed by atoms with van der Waals surface area (Å²) in [6.07, 6.45) is -5.49. The lowest BCUT2D eigenvalue weighted by molar-refractivity contribution is -0.245. The van der Waals surface area contributed by atoms with Crippen LogP contribution in [0.4, 0.5) is 0 Å². The molecule has 6 atom stereocenters. The smallest absolute Gasteiger partial charge is 0.242 e. The maximum atomic E-state index is 13.8. The van der Waals surface area contributed by atoms with Crippen LogP contribution < -0.4 is 15.9 Å². The van der Waals surface area contributed by atoms with E-state index >= 15 is 0 Å². The van der Waals surface area contributed by atoms with Gasteiger partial charge in [-0.05, 0) is 13.0 Å². The van der Waals surface area contributed by atoms with Crippen molar-refractivity contribution in [3.8, 4) is 17.2 Å². The van der Waals surface area contributed by atoms with E-state index in [9.17, 15) is 39.9 Å². The van der Waals surface area contributed by atoms with Crippen molar-refractivity contribution in [3.05, 3.63) is 51.6 Å². The standard InChI is InChI=1S/C30H35N3O12/c1-12-25(37)15(31)8-20(44-12)45-17-10-30(42,18(11-35)32-33-19(36)6-7-34)9-14-22(17)29(41)24-23(27(14)39)26(38)13-4-3-5-16(43-2)21(13)28(24)40/h3-5,12,15,17,20,25,34-35,37,39,41-42H,6-11,31H2,1-2H3,(H,33,36)/b32-18-/t12?,15?,17-,20?,25?,30-/m0/s1. The molecule has 0 saturated carbocycles. The van der Waals surface area contributed by atoms with Gasteiger partial charge in [-0.25, -0.2) is 5.43 Å². The second kappa shape index (κ2) is 12.4. The zero-order valence-corrected chi connectivity index (χ0v) is 24.5. The number of hydrogen-bond donors (Lipinski definition) is 8. The molecule has 1 saturated heterocycles. The highest BCUT2D eigenvalue weighted by Gasteiger charge is 2.49. The molecule has 2 aromatic rings. The number of hydrogen-bond acceptors (Lipinski definition) is 14. The summed E-state index contributed by atoms with van der Waals surface area (Å²) >= 11 is 0. The van der Waals surface area contributed by atoms with E-state index in [1.54, 1.807) is 6.92 Å². The van der Waals surface area contributed by atoms with Gasteiger partial charge in [0.05, 0.1) is 67.5 Å². The molecule has 3 aliphatic rings. The number of fused-ring (bicyclic) bond motifs is 3. The number of rotatable bonds is 8. The summed E-state index contributed by atoms with van der Waals surface area (Å²) in [5.74, 6) is -3.57. The lowest BCUT2D eigenvalue weighted by atomic mass is 9.71. The molecule has 1 aliphatic heterocycles. The first kappa shape index (κ1) is 32.4. The number of carbonyl (C=O) groups is 3. The number of methoxy groups -OCH3 is 1. The molecule has 1 heterocycles. The van der Waals surface area contributed by atoms with Crippen LogP contribution in [0.25, 0.3) is 0 Å². The van der Waals surface area contributed by atoms with Crippen molar-refractivity contribution in [1.29, 1.82) is 0 Å². The van der Waals surface area contributed by atoms with Gasteiger partial charge in [0.2, 0.25) is 11.7 Å². The van der Waals surface area contributed by atoms with Gasteiger partial charge in [-0.1, -0.05) is 12.1 Å². The van der Waals surface area contributed by atoms with Crippen LogP contribution in [0.5, 0.6) is 17.2 Å². The number of benzene rings is 2. The summed E-state index contributed by atoms with van der Waals surface area (Å²) in [5.41, 5.74) is 4.29. The molecule has 5 rings (SSSR count). The molecule has 4 unspecified atom stereocenters. The number of nitrogens with zero attached hydrogens (tertiary/aromatic N) is 1. The molecule has 1 fully saturated rings. The number of phenols is 2. The first-order valence-electron chi connectivity index (χ1n) is 14.3. The topological polar surface area (TPSA) is 251 Å². The van der Waals surface area contributed by atoms with E-state index < -0.39 is 102 Å². The van der Waals surface area contributed by atoms with E-state index in [0.29, 0.717) is 0 Å². The molecule has 15 nitrogen and oxygen atoms in total. The molecular formula is C30H35N3O12. The zero-order chi connectivity index (χ0) is 32.8. The zero-order valence-electron chi connectivity index (χ0n) is 24.5. The average molecular weight is 630 g/mol. The van der Waals surface area contributed by atoms with Crippen LogP contribution in [-0.2, 0) is 20.7 Å². The Morgan fingerprint density at radius 3 is 2.51 bits per heavy atom. The number of hydrazone groups is 1. The SMILES string of the molecule is COc1cccc2c1C(=O)c1c(O)c3c(c(O)c1C2=O)C[C@@](O)(/C(CO)=N\NC(=O)CCO)C[C@@H]3OC1CC(N)C(O)C(C)O1. The van der Waals surface area contributed by atoms with E-state index in [0.717, 1.165) is 0 Å². The minimum Gasteiger partial charge on any atom is -0.507 e. The van der Waals surface area contributed by atoms with Crippen LogP contribution in [0.2, 0.25) is 0 Å². The molecule has 0 radical (unpaired) electrons. The Morgan fingerprint density at radius 2 is 1.87 bits per heavy atom. The lowest BCUT2D eigenvalue weighted by Gasteiger charge is -2.43. The number of ether oxygens (including phenoxy) is 3. The van der Waals surface area contributed by atoms with Crippen LogP contribution in [0.3, 0.4) is 0 Å². The van der Waals surface area contributed by atoms with Crippen molar-refractivity contribution in [2.75, 3.05) is 20.3 Å². The Bertz CT molecular complexity index is 1560. The van der Waals surface area contributed by atoms with Crippen molar-refractivity contribution >= 4 is 23.2 Å². The molecule has 2 aliphatic carbocycles. The fourth-order valence-corrected chi connectivity index (χ4v) is 6.18. The number of aliphatic hydroxyl groups excluding tert-OH is 3. The van der Waals surface area contributed by atoms with Crippen molar-refractivity contribution in [2.45, 2.75) is 68.9 Å². The Labute approximate surface area is 256 Å². The highest BCUT2D eigenvalue weighted by Crippen LogP contribution is 2.52. The number of carbonyl (C=O) groups excluding carboxylic acids is 3. The minimum atomic E-state index is -2.14. The molecule has 15 heteroatoms. The summed E-state index contributed by atoms with van der Waals surface area (Å²) < 4.78 is 17.2. The van der Waals surface area contributed by atoms with Gasteiger partial charge >= 0.3 is 0 Å². The minimum absolute atomic E-state index is 0.00634. The number of nitrogens with two attached hydrogens (primary N) is 1. The molecule has 9 N–H and O–H groups in total. The summed E-state index contributed by atoms with van der Waals surface area (Å²) in [6.45, 7) is 0.236. The molecule has 45 heavy (non-hydrogen) atoms. The fraction of sp³-hybridized carbons (Fsp3) is 0.467. The van der Waals surface area contributed by atoms with Crippen LogP contribution in [0, 0.1) is 0 Å². The maximum Gasteiger partial charge on any atom is 0.242 e. The second-order valence-electron chi connectivity index (χ2n) is 11.3. The van der Waals surface area contributed by atoms with Gasteiger partial charge in [0.1, 0.15) is 22.8 Å². The van der Waals surface area contributed by atoms with Crippen LogP contribution >= 0.6 is 0 Å². The Kier molecular flexibility index (Phi) is 8.97. The fourth-order valence-electron chi connectivity index (χ4n) is 6.18. The Balaban J connectivity index is 1.67. The Morgan fingerprint density at radius 1 is 1.16 bits per heavy atom. The lowest BCUT2D eigenvalue weighted by Crippen LogP contribution is -2.53. The molecule has 0 spiro atoms. The predicted octanol–water partition coefficient (Wildman–Crippen LogP) is -0.713. The van der Waals surface area contributed by atoms with Gasteiger partial charge in [0, 0.05) is 42.0 Å². The third kappa shape index (κ3) is 5.56. The second-order valence-corrected chi connectivity index (χ2v) is 11.3. The Hall–Kier alpha value is -3.96. The van der Waals surface area contributed by atoms with Crippen molar-refractivity contribution in [2.24, 2.45) is 10.8 Å². The molecule has 0 aromatic heterocycles. The highest BCUT2D eigenvalue weighted by molar-refractivity contribution is 6.31. The first-order chi connectivity index (χ1) is 21.4. The summed E-state index contributed by atoms with van der Waals surface area (Å²) in [7, 11) is 1.32. The molecular weight excluding hydrogens is 594 g/mol. The van der Waals surface area contributed by atoms with Gasteiger partial charge in [0.25, 0.3) is 0 Å². The number of aromatic hydroxyl groups is 2. The predicted molar refractivity (Wildman–Crippen MR) is 154 cm³/mol. The highest BCUT2D eigenvalue weighted by atomic mass is 16.7. The van der Waals surface area contributed by atoms with Gasteiger partial charge in [0.15, 0.2) is 12.1 Å². The summed E-state index contributed by atoms with van der Waals surface area (Å²) in [5, 5.41) is 68.5. The normalized spacial score (nSPS) is 27.8. The van der Waals surface area contributed by atoms with E-state index in [4.69, 9.17) is 25.1 Å². The van der Waals surface area contributed by atoms with Crippen molar-refractivity contribution < 1.29 is 59.2 Å². The number of aliphatic hydroxyl groups is 4. The van der Waals surface area contributed by atoms with E-state index in [1.165, 1.54) is 25.3 Å². The third-order valence-corrected chi connectivity index (χ3v) is 8.48. The largest absolute Gasteiger partial charge is 0.507 e. The van der Waals surface area contributed by atoms with Crippen molar-refractivity contribution in [1.82, 2.24) is 5.43 Å². The van der Waals surface area contributed by atoms with Crippen LogP contribution in [0.15, 0.2) is 23.3 Å². The molecule has 1 amide bonds. The molecule has 2 aromatic carbocycles. The summed E-state index contributed by atoms with van der Waals surface area (Å²) in [4.78, 5) is 39.5. The quantitative estimate of drug-likeness (QED) is 0.0872. The average Bonchev–Trinajstić information content (AvgIpc) is 3.00. The number of ketones is 2. The van der Waals surface area contributed by atoms with Gasteiger partial charge in [-0.3, -0.25) is 14.4 Å². The van der Waals surface area contributed by atoms with Crippen LogP contribution in [0.1, 0.15) is 75.3 Å². The molecule has 242 valence electrons. The first-order valence-corrected chi connectivity index (χ1v) is 14.3. The number of nitrogens with one attached hydrogen (secondary N) is 1. The third-order valence-electron chi connectivity index (χ3n) is 8.48. The van der Waals surface area contributed by atoms with Crippen molar-refractivity contribution in [3.63, 3.8) is 0 Å². The molecule has 0 bridgehead atoms. The van der Waals surface area contributed by atoms with E-state index in [2.05, 4.69) is 10.5 Å². The number of phenolic OH excluding ortho intramolecular Hbond substituents is 2. The summed E-state index contributed by atoms with van der Waals surface area (Å²) in [6, 6.07) is 3.59. The van der Waals surface area contributed by atoms with Crippen LogP contribution in [-0.4, -0.2) is 104 Å². The monoisotopic (exact) mass is 629 g/mol. The van der Waals surface area contributed by atoms with E-state index in [1.807, 2.05) is 0 Å². The number of amides is 1. The van der Waals surface area contributed by atoms with E-state index in [-0.39, 0.29) is 46.6 Å².